The first-order valence-electron chi connectivity index (χ1n) is 11.8. The van der Waals surface area contributed by atoms with Crippen molar-refractivity contribution in [2.45, 2.75) is 37.6 Å². The van der Waals surface area contributed by atoms with Crippen LogP contribution >= 0.6 is 0 Å². The number of nitrogens with one attached hydrogen (secondary N) is 1. The van der Waals surface area contributed by atoms with E-state index in [0.29, 0.717) is 5.41 Å². The molecule has 2 aromatic carbocycles. The molecule has 5 nitrogen and oxygen atoms in total. The van der Waals surface area contributed by atoms with Gasteiger partial charge in [0.1, 0.15) is 18.1 Å². The van der Waals surface area contributed by atoms with Crippen molar-refractivity contribution in [1.29, 1.82) is 0 Å². The molecule has 0 bridgehead atoms. The van der Waals surface area contributed by atoms with E-state index in [1.807, 2.05) is 13.1 Å². The summed E-state index contributed by atoms with van der Waals surface area (Å²) in [5.41, 5.74) is 5.14. The fourth-order valence-electron chi connectivity index (χ4n) is 5.01. The van der Waals surface area contributed by atoms with Crippen molar-refractivity contribution in [3.8, 4) is 22.8 Å². The highest BCUT2D eigenvalue weighted by molar-refractivity contribution is 5.95. The number of likely N-dealkylation sites (N-methyl/N-ethyl adjacent to an activating group) is 1. The number of anilines is 1. The average Bonchev–Trinajstić information content (AvgIpc) is 3.74. The van der Waals surface area contributed by atoms with E-state index in [0.717, 1.165) is 48.0 Å². The molecule has 1 spiro atoms. The van der Waals surface area contributed by atoms with Crippen LogP contribution in [0.3, 0.4) is 0 Å². The van der Waals surface area contributed by atoms with Gasteiger partial charge in [-0.25, -0.2) is 4.98 Å². The SMILES string of the molecule is CNC1(COc2ccc(-c3cc(N4CCC5(CC5)C4)c4ccc(OC)cc4n3)cc2)CC1.[HH]. The summed E-state index contributed by atoms with van der Waals surface area (Å²) in [5, 5.41) is 4.58. The van der Waals surface area contributed by atoms with Crippen LogP contribution in [-0.4, -0.2) is 44.4 Å². The molecule has 3 fully saturated rings. The number of aromatic nitrogens is 1. The maximum absolute atomic E-state index is 6.04. The number of hydrogen-bond donors (Lipinski definition) is 1. The lowest BCUT2D eigenvalue weighted by atomic mass is 10.1. The number of ether oxygens (including phenoxy) is 2. The van der Waals surface area contributed by atoms with Crippen LogP contribution in [0.1, 0.15) is 33.5 Å². The maximum atomic E-state index is 6.04. The van der Waals surface area contributed by atoms with Crippen molar-refractivity contribution in [2.24, 2.45) is 5.41 Å². The molecule has 0 radical (unpaired) electrons. The Labute approximate surface area is 191 Å². The minimum Gasteiger partial charge on any atom is -0.497 e. The molecule has 0 atom stereocenters. The van der Waals surface area contributed by atoms with E-state index in [9.17, 15) is 0 Å². The molecule has 0 amide bonds. The normalized spacial score (nSPS) is 20.0. The van der Waals surface area contributed by atoms with Crippen LogP contribution in [0, 0.1) is 5.41 Å². The average molecular weight is 432 g/mol. The van der Waals surface area contributed by atoms with E-state index in [1.54, 1.807) is 7.11 Å². The Bertz CT molecular complexity index is 1160. The first-order chi connectivity index (χ1) is 15.6. The summed E-state index contributed by atoms with van der Waals surface area (Å²) in [4.78, 5) is 7.59. The third kappa shape index (κ3) is 3.58. The largest absolute Gasteiger partial charge is 0.497 e. The number of nitrogens with zero attached hydrogens (tertiary/aromatic N) is 2. The van der Waals surface area contributed by atoms with Crippen molar-refractivity contribution in [1.82, 2.24) is 10.3 Å². The predicted molar refractivity (Wildman–Crippen MR) is 131 cm³/mol. The van der Waals surface area contributed by atoms with Crippen LogP contribution in [-0.2, 0) is 0 Å². The highest BCUT2D eigenvalue weighted by Crippen LogP contribution is 2.54. The molecule has 1 N–H and O–H groups in total. The van der Waals surface area contributed by atoms with Crippen molar-refractivity contribution >= 4 is 16.6 Å². The zero-order valence-electron chi connectivity index (χ0n) is 19.0. The summed E-state index contributed by atoms with van der Waals surface area (Å²) in [7, 11) is 3.73. The van der Waals surface area contributed by atoms with Crippen LogP contribution in [0.15, 0.2) is 48.5 Å². The van der Waals surface area contributed by atoms with Crippen LogP contribution < -0.4 is 19.7 Å². The third-order valence-electron chi connectivity index (χ3n) is 7.78. The Morgan fingerprint density at radius 3 is 2.44 bits per heavy atom. The molecule has 2 heterocycles. The fraction of sp³-hybridized carbons (Fsp3) is 0.444. The van der Waals surface area contributed by atoms with Gasteiger partial charge in [0.25, 0.3) is 0 Å². The Kier molecular flexibility index (Phi) is 4.58. The molecule has 32 heavy (non-hydrogen) atoms. The Balaban J connectivity index is 0.00000228. The molecule has 2 aliphatic carbocycles. The molecule has 1 saturated heterocycles. The molecule has 1 aromatic heterocycles. The van der Waals surface area contributed by atoms with E-state index in [2.05, 4.69) is 52.7 Å². The molecule has 5 heteroatoms. The van der Waals surface area contributed by atoms with Gasteiger partial charge in [-0.15, -0.1) is 0 Å². The van der Waals surface area contributed by atoms with E-state index in [-0.39, 0.29) is 6.97 Å². The fourth-order valence-corrected chi connectivity index (χ4v) is 5.01. The van der Waals surface area contributed by atoms with Crippen LogP contribution in [0.2, 0.25) is 0 Å². The van der Waals surface area contributed by atoms with Gasteiger partial charge in [0.2, 0.25) is 0 Å². The highest BCUT2D eigenvalue weighted by atomic mass is 16.5. The molecule has 0 unspecified atom stereocenters. The second kappa shape index (κ2) is 7.38. The minimum absolute atomic E-state index is 0. The Morgan fingerprint density at radius 1 is 1.00 bits per heavy atom. The van der Waals surface area contributed by atoms with Crippen molar-refractivity contribution in [3.05, 3.63) is 48.5 Å². The Hall–Kier alpha value is -2.79. The van der Waals surface area contributed by atoms with Crippen molar-refractivity contribution in [2.75, 3.05) is 38.8 Å². The lowest BCUT2D eigenvalue weighted by Gasteiger charge is -2.22. The second-order valence-corrected chi connectivity index (χ2v) is 9.92. The smallest absolute Gasteiger partial charge is 0.121 e. The predicted octanol–water partition coefficient (Wildman–Crippen LogP) is 5.28. The first kappa shape index (κ1) is 19.9. The summed E-state index contributed by atoms with van der Waals surface area (Å²) in [6.07, 6.45) is 6.44. The highest BCUT2D eigenvalue weighted by Gasteiger charge is 2.48. The zero-order chi connectivity index (χ0) is 21.8. The number of fused-ring (bicyclic) bond motifs is 1. The standard InChI is InChI=1S/C27H31N3O2.H2/c1-28-27(11-12-27)18-32-20-5-3-19(4-6-20)23-16-25(30-14-13-26(17-30)9-10-26)22-8-7-21(31-2)15-24(22)29-23;/h3-8,15-16,28H,9-14,17-18H2,1-2H3;1H. The minimum atomic E-state index is 0. The molecule has 3 aromatic rings. The van der Waals surface area contributed by atoms with Gasteiger partial charge in [-0.2, -0.15) is 0 Å². The van der Waals surface area contributed by atoms with E-state index in [4.69, 9.17) is 14.5 Å². The van der Waals surface area contributed by atoms with Crippen molar-refractivity contribution < 1.29 is 10.9 Å². The van der Waals surface area contributed by atoms with E-state index < -0.39 is 0 Å². The van der Waals surface area contributed by atoms with Crippen LogP contribution in [0.5, 0.6) is 11.5 Å². The Morgan fingerprint density at radius 2 is 1.78 bits per heavy atom. The lowest BCUT2D eigenvalue weighted by molar-refractivity contribution is 0.259. The molecule has 168 valence electrons. The monoisotopic (exact) mass is 431 g/mol. The summed E-state index contributed by atoms with van der Waals surface area (Å²) in [6.45, 7) is 3.01. The van der Waals surface area contributed by atoms with Gasteiger partial charge in [-0.1, -0.05) is 0 Å². The summed E-state index contributed by atoms with van der Waals surface area (Å²) < 4.78 is 11.5. The third-order valence-corrected chi connectivity index (χ3v) is 7.78. The topological polar surface area (TPSA) is 46.6 Å². The van der Waals surface area contributed by atoms with Crippen molar-refractivity contribution in [3.63, 3.8) is 0 Å². The summed E-state index contributed by atoms with van der Waals surface area (Å²) >= 11 is 0. The molecular weight excluding hydrogens is 398 g/mol. The van der Waals surface area contributed by atoms with Gasteiger partial charge in [0.15, 0.2) is 0 Å². The number of methoxy groups -OCH3 is 1. The summed E-state index contributed by atoms with van der Waals surface area (Å²) in [6, 6.07) is 16.9. The van der Waals surface area contributed by atoms with Crippen LogP contribution in [0.25, 0.3) is 22.2 Å². The summed E-state index contributed by atoms with van der Waals surface area (Å²) in [5.74, 6) is 1.75. The number of rotatable bonds is 7. The number of hydrogen-bond acceptors (Lipinski definition) is 5. The maximum Gasteiger partial charge on any atom is 0.121 e. The lowest BCUT2D eigenvalue weighted by Crippen LogP contribution is -2.33. The van der Waals surface area contributed by atoms with E-state index in [1.165, 1.54) is 43.2 Å². The molecule has 1 aliphatic heterocycles. The van der Waals surface area contributed by atoms with Gasteiger partial charge in [-0.05, 0) is 87.0 Å². The number of pyridine rings is 1. The molecular formula is C27H33N3O2. The quantitative estimate of drug-likeness (QED) is 0.552. The second-order valence-electron chi connectivity index (χ2n) is 9.92. The van der Waals surface area contributed by atoms with Gasteiger partial charge < -0.3 is 19.7 Å². The zero-order valence-corrected chi connectivity index (χ0v) is 19.0. The van der Waals surface area contributed by atoms with Crippen LogP contribution in [0.4, 0.5) is 5.69 Å². The molecule has 3 aliphatic rings. The first-order valence-corrected chi connectivity index (χ1v) is 11.8. The van der Waals surface area contributed by atoms with Gasteiger partial charge >= 0.3 is 0 Å². The van der Waals surface area contributed by atoms with Gasteiger partial charge in [0, 0.05) is 37.2 Å². The van der Waals surface area contributed by atoms with Gasteiger partial charge in [0.05, 0.1) is 23.9 Å². The van der Waals surface area contributed by atoms with E-state index >= 15 is 0 Å². The molecule has 6 rings (SSSR count). The number of benzene rings is 2. The van der Waals surface area contributed by atoms with Gasteiger partial charge in [-0.3, -0.25) is 0 Å². The molecule has 2 saturated carbocycles.